The summed E-state index contributed by atoms with van der Waals surface area (Å²) in [4.78, 5) is 17.1. The minimum atomic E-state index is -2.27. The van der Waals surface area contributed by atoms with E-state index in [1.54, 1.807) is 0 Å². The van der Waals surface area contributed by atoms with Gasteiger partial charge < -0.3 is 9.79 Å². The molecule has 1 rings (SSSR count). The molecule has 0 aromatic heterocycles. The van der Waals surface area contributed by atoms with Gasteiger partial charge in [0.2, 0.25) is 0 Å². The molecule has 0 saturated heterocycles. The van der Waals surface area contributed by atoms with Crippen LogP contribution in [-0.2, 0) is 6.16 Å². The van der Waals surface area contributed by atoms with Gasteiger partial charge in [-0.05, 0) is 17.7 Å². The summed E-state index contributed by atoms with van der Waals surface area (Å²) in [5, 5.41) is 0. The zero-order chi connectivity index (χ0) is 10.0. The van der Waals surface area contributed by atoms with E-state index < -0.39 is 25.8 Å². The van der Waals surface area contributed by atoms with E-state index in [4.69, 9.17) is 9.79 Å². The van der Waals surface area contributed by atoms with Crippen LogP contribution in [0, 0.1) is 17.5 Å². The fraction of sp³-hybridized carbons (Fsp3) is 0.143. The van der Waals surface area contributed by atoms with E-state index in [9.17, 15) is 13.2 Å². The molecule has 0 heterocycles. The van der Waals surface area contributed by atoms with Crippen molar-refractivity contribution in [2.75, 3.05) is 0 Å². The molecule has 0 unspecified atom stereocenters. The third-order valence-electron chi connectivity index (χ3n) is 1.37. The predicted octanol–water partition coefficient (Wildman–Crippen LogP) is 1.90. The van der Waals surface area contributed by atoms with Crippen molar-refractivity contribution in [3.63, 3.8) is 0 Å². The summed E-state index contributed by atoms with van der Waals surface area (Å²) in [5.41, 5.74) is 0.0208. The van der Waals surface area contributed by atoms with Crippen molar-refractivity contribution in [3.05, 3.63) is 35.1 Å². The Bertz CT molecular complexity index is 294. The van der Waals surface area contributed by atoms with Crippen LogP contribution < -0.4 is 0 Å². The van der Waals surface area contributed by atoms with Gasteiger partial charge in [0.25, 0.3) is 0 Å². The largest absolute Gasteiger partial charge is 0.350 e. The van der Waals surface area contributed by atoms with Crippen LogP contribution in [-0.4, -0.2) is 9.79 Å². The highest BCUT2D eigenvalue weighted by molar-refractivity contribution is 7.44. The van der Waals surface area contributed by atoms with Crippen molar-refractivity contribution >= 4 is 8.38 Å². The lowest BCUT2D eigenvalue weighted by molar-refractivity contribution is 0.444. The molecule has 1 aromatic rings. The summed E-state index contributed by atoms with van der Waals surface area (Å²) in [6.07, 6.45) is -0.274. The molecule has 0 spiro atoms. The molecule has 0 aliphatic carbocycles. The molecule has 2 nitrogen and oxygen atoms in total. The second kappa shape index (κ2) is 4.05. The highest BCUT2D eigenvalue weighted by Crippen LogP contribution is 2.29. The fourth-order valence-electron chi connectivity index (χ4n) is 0.863. The van der Waals surface area contributed by atoms with Crippen LogP contribution in [0.25, 0.3) is 0 Å². The van der Waals surface area contributed by atoms with E-state index in [1.165, 1.54) is 0 Å². The van der Waals surface area contributed by atoms with E-state index in [-0.39, 0.29) is 11.7 Å². The Morgan fingerprint density at radius 3 is 1.92 bits per heavy atom. The summed E-state index contributed by atoms with van der Waals surface area (Å²) >= 11 is 0. The highest BCUT2D eigenvalue weighted by atomic mass is 31.2. The lowest BCUT2D eigenvalue weighted by atomic mass is 10.2. The molecule has 0 bridgehead atoms. The molecular weight excluding hydrogens is 204 g/mol. The number of halogens is 3. The zero-order valence-electron chi connectivity index (χ0n) is 6.34. The molecule has 0 atom stereocenters. The Balaban J connectivity index is 2.99. The third-order valence-corrected chi connectivity index (χ3v) is 2.02. The van der Waals surface area contributed by atoms with Crippen LogP contribution in [0.5, 0.6) is 0 Å². The van der Waals surface area contributed by atoms with Crippen LogP contribution >= 0.6 is 8.38 Å². The smallest absolute Gasteiger partial charge is 0.194 e. The van der Waals surface area contributed by atoms with Gasteiger partial charge in [0.15, 0.2) is 25.8 Å². The van der Waals surface area contributed by atoms with E-state index >= 15 is 0 Å². The van der Waals surface area contributed by atoms with Crippen molar-refractivity contribution in [1.29, 1.82) is 0 Å². The molecule has 1 aromatic carbocycles. The first-order valence-corrected chi connectivity index (χ1v) is 4.72. The van der Waals surface area contributed by atoms with Crippen molar-refractivity contribution in [3.8, 4) is 0 Å². The van der Waals surface area contributed by atoms with Crippen LogP contribution in [0.4, 0.5) is 13.2 Å². The Hall–Kier alpha value is -0.640. The number of hydrogen-bond donors (Lipinski definition) is 2. The standard InChI is InChI=1S/C7H6F3O2P/c8-5-1-4(3-13(11)12)2-6(9)7(5)10/h1-2,11-12H,3H2. The van der Waals surface area contributed by atoms with Crippen LogP contribution in [0.1, 0.15) is 5.56 Å². The quantitative estimate of drug-likeness (QED) is 0.578. The van der Waals surface area contributed by atoms with Gasteiger partial charge in [-0.25, -0.2) is 13.2 Å². The van der Waals surface area contributed by atoms with Gasteiger partial charge in [-0.3, -0.25) is 0 Å². The summed E-state index contributed by atoms with van der Waals surface area (Å²) in [6.45, 7) is 0. The van der Waals surface area contributed by atoms with E-state index in [1.807, 2.05) is 0 Å². The van der Waals surface area contributed by atoms with Gasteiger partial charge in [0.05, 0.1) is 0 Å². The molecule has 72 valence electrons. The second-order valence-corrected chi connectivity index (χ2v) is 3.46. The zero-order valence-corrected chi connectivity index (χ0v) is 7.23. The average Bonchev–Trinajstić information content (AvgIpc) is 1.98. The molecule has 0 aliphatic rings. The maximum atomic E-state index is 12.5. The minimum Gasteiger partial charge on any atom is -0.350 e. The number of rotatable bonds is 2. The predicted molar refractivity (Wildman–Crippen MR) is 41.4 cm³/mol. The summed E-state index contributed by atoms with van der Waals surface area (Å²) in [5.74, 6) is -4.21. The molecular formula is C7H6F3O2P. The van der Waals surface area contributed by atoms with Gasteiger partial charge in [-0.1, -0.05) is 0 Å². The first kappa shape index (κ1) is 10.4. The summed E-state index contributed by atoms with van der Waals surface area (Å²) in [6, 6.07) is 1.47. The summed E-state index contributed by atoms with van der Waals surface area (Å²) < 4.78 is 37.4. The Morgan fingerprint density at radius 1 is 1.08 bits per heavy atom. The van der Waals surface area contributed by atoms with E-state index in [0.717, 1.165) is 12.1 Å². The van der Waals surface area contributed by atoms with Gasteiger partial charge in [0.1, 0.15) is 0 Å². The van der Waals surface area contributed by atoms with Crippen molar-refractivity contribution in [1.82, 2.24) is 0 Å². The first-order chi connectivity index (χ1) is 6.00. The summed E-state index contributed by atoms with van der Waals surface area (Å²) in [7, 11) is -2.27. The number of benzene rings is 1. The number of hydrogen-bond acceptors (Lipinski definition) is 2. The SMILES string of the molecule is OP(O)Cc1cc(F)c(F)c(F)c1. The topological polar surface area (TPSA) is 40.5 Å². The van der Waals surface area contributed by atoms with Gasteiger partial charge in [0, 0.05) is 6.16 Å². The monoisotopic (exact) mass is 210 g/mol. The lowest BCUT2D eigenvalue weighted by Gasteiger charge is -2.03. The minimum absolute atomic E-state index is 0.0208. The molecule has 13 heavy (non-hydrogen) atoms. The van der Waals surface area contributed by atoms with Crippen LogP contribution in [0.2, 0.25) is 0 Å². The van der Waals surface area contributed by atoms with Crippen molar-refractivity contribution in [2.24, 2.45) is 0 Å². The molecule has 0 saturated carbocycles. The van der Waals surface area contributed by atoms with Crippen LogP contribution in [0.3, 0.4) is 0 Å². The second-order valence-electron chi connectivity index (χ2n) is 2.40. The highest BCUT2D eigenvalue weighted by Gasteiger charge is 2.11. The average molecular weight is 210 g/mol. The Kier molecular flexibility index (Phi) is 3.25. The molecule has 0 fully saturated rings. The fourth-order valence-corrected chi connectivity index (χ4v) is 1.37. The lowest BCUT2D eigenvalue weighted by Crippen LogP contribution is -1.94. The molecule has 0 aliphatic heterocycles. The van der Waals surface area contributed by atoms with Crippen molar-refractivity contribution < 1.29 is 23.0 Å². The van der Waals surface area contributed by atoms with Crippen molar-refractivity contribution in [2.45, 2.75) is 6.16 Å². The van der Waals surface area contributed by atoms with E-state index in [2.05, 4.69) is 0 Å². The maximum Gasteiger partial charge on any atom is 0.194 e. The molecule has 6 heteroatoms. The third kappa shape index (κ3) is 2.66. The maximum absolute atomic E-state index is 12.5. The van der Waals surface area contributed by atoms with Gasteiger partial charge in [-0.2, -0.15) is 0 Å². The molecule has 0 amide bonds. The molecule has 0 radical (unpaired) electrons. The van der Waals surface area contributed by atoms with Gasteiger partial charge >= 0.3 is 0 Å². The molecule has 2 N–H and O–H groups in total. The van der Waals surface area contributed by atoms with Crippen LogP contribution in [0.15, 0.2) is 12.1 Å². The normalized spacial score (nSPS) is 10.9. The Morgan fingerprint density at radius 2 is 1.54 bits per heavy atom. The van der Waals surface area contributed by atoms with Gasteiger partial charge in [-0.15, -0.1) is 0 Å². The van der Waals surface area contributed by atoms with E-state index in [0.29, 0.717) is 0 Å². The first-order valence-electron chi connectivity index (χ1n) is 3.29. The Labute approximate surface area is 73.6 Å².